The quantitative estimate of drug-likeness (QED) is 0.658. The van der Waals surface area contributed by atoms with Crippen LogP contribution < -0.4 is 10.6 Å². The van der Waals surface area contributed by atoms with Gasteiger partial charge in [-0.3, -0.25) is 0 Å². The monoisotopic (exact) mass is 249 g/mol. The highest BCUT2D eigenvalue weighted by molar-refractivity contribution is 5.43. The van der Waals surface area contributed by atoms with Gasteiger partial charge in [0, 0.05) is 24.8 Å². The summed E-state index contributed by atoms with van der Waals surface area (Å²) in [7, 11) is 0. The smallest absolute Gasteiger partial charge is 0.130 e. The Morgan fingerprint density at radius 1 is 1.22 bits per heavy atom. The second-order valence-corrected chi connectivity index (χ2v) is 4.75. The van der Waals surface area contributed by atoms with Gasteiger partial charge in [0.1, 0.15) is 5.82 Å². The summed E-state index contributed by atoms with van der Waals surface area (Å²) in [5.74, 6) is 1.77. The normalized spacial score (nSPS) is 10.9. The van der Waals surface area contributed by atoms with E-state index in [1.807, 2.05) is 12.3 Å². The molecule has 3 heteroatoms. The van der Waals surface area contributed by atoms with E-state index in [9.17, 15) is 0 Å². The topological polar surface area (TPSA) is 37.0 Å². The highest BCUT2D eigenvalue weighted by atomic mass is 15.0. The van der Waals surface area contributed by atoms with Crippen LogP contribution in [0.5, 0.6) is 0 Å². The summed E-state index contributed by atoms with van der Waals surface area (Å²) in [6, 6.07) is 4.15. The average Bonchev–Trinajstić information content (AvgIpc) is 2.41. The van der Waals surface area contributed by atoms with E-state index in [0.29, 0.717) is 0 Å². The second-order valence-electron chi connectivity index (χ2n) is 4.75. The predicted molar refractivity (Wildman–Crippen MR) is 78.8 cm³/mol. The molecule has 0 aliphatic carbocycles. The molecule has 102 valence electrons. The summed E-state index contributed by atoms with van der Waals surface area (Å²) in [5.41, 5.74) is 1.26. The molecule has 2 N–H and O–H groups in total. The molecule has 0 amide bonds. The predicted octanol–water partition coefficient (Wildman–Crippen LogP) is 3.43. The van der Waals surface area contributed by atoms with Crippen molar-refractivity contribution in [2.45, 2.75) is 46.6 Å². The van der Waals surface area contributed by atoms with Gasteiger partial charge < -0.3 is 10.6 Å². The van der Waals surface area contributed by atoms with E-state index in [2.05, 4.69) is 42.5 Å². The number of nitrogens with one attached hydrogen (secondary N) is 2. The molecular formula is C15H27N3. The lowest BCUT2D eigenvalue weighted by Gasteiger charge is -2.16. The number of hydrogen-bond acceptors (Lipinski definition) is 3. The minimum Gasteiger partial charge on any atom is -0.370 e. The van der Waals surface area contributed by atoms with Gasteiger partial charge in [0.25, 0.3) is 0 Å². The SMILES string of the molecule is CCCNCc1cccnc1NCC(CC)CC. The van der Waals surface area contributed by atoms with Gasteiger partial charge >= 0.3 is 0 Å². The third-order valence-electron chi connectivity index (χ3n) is 3.35. The van der Waals surface area contributed by atoms with Gasteiger partial charge in [-0.25, -0.2) is 4.98 Å². The fourth-order valence-corrected chi connectivity index (χ4v) is 1.96. The van der Waals surface area contributed by atoms with Crippen LogP contribution >= 0.6 is 0 Å². The van der Waals surface area contributed by atoms with Crippen molar-refractivity contribution in [3.05, 3.63) is 23.9 Å². The first-order chi connectivity index (χ1) is 8.81. The van der Waals surface area contributed by atoms with Gasteiger partial charge in [-0.1, -0.05) is 39.7 Å². The average molecular weight is 249 g/mol. The molecule has 0 aliphatic heterocycles. The Morgan fingerprint density at radius 2 is 2.00 bits per heavy atom. The van der Waals surface area contributed by atoms with Crippen molar-refractivity contribution >= 4 is 5.82 Å². The van der Waals surface area contributed by atoms with Gasteiger partial charge in [-0.15, -0.1) is 0 Å². The fourth-order valence-electron chi connectivity index (χ4n) is 1.96. The van der Waals surface area contributed by atoms with Crippen LogP contribution in [0, 0.1) is 5.92 Å². The molecule has 0 aromatic carbocycles. The molecule has 1 heterocycles. The molecule has 1 aromatic rings. The molecule has 0 radical (unpaired) electrons. The first kappa shape index (κ1) is 15.0. The van der Waals surface area contributed by atoms with Gasteiger partial charge in [-0.05, 0) is 24.9 Å². The standard InChI is InChI=1S/C15H27N3/c1-4-9-16-12-14-8-7-10-17-15(14)18-11-13(5-2)6-3/h7-8,10,13,16H,4-6,9,11-12H2,1-3H3,(H,17,18). The van der Waals surface area contributed by atoms with Gasteiger partial charge in [0.15, 0.2) is 0 Å². The van der Waals surface area contributed by atoms with Crippen molar-refractivity contribution in [3.8, 4) is 0 Å². The first-order valence-corrected chi connectivity index (χ1v) is 7.20. The zero-order valence-electron chi connectivity index (χ0n) is 12.0. The molecule has 0 atom stereocenters. The zero-order chi connectivity index (χ0) is 13.2. The van der Waals surface area contributed by atoms with E-state index in [1.54, 1.807) is 0 Å². The van der Waals surface area contributed by atoms with Crippen LogP contribution in [0.4, 0.5) is 5.82 Å². The van der Waals surface area contributed by atoms with Crippen LogP contribution in [0.15, 0.2) is 18.3 Å². The maximum absolute atomic E-state index is 4.45. The molecule has 0 unspecified atom stereocenters. The lowest BCUT2D eigenvalue weighted by molar-refractivity contribution is 0.518. The molecule has 0 saturated carbocycles. The number of hydrogen-bond donors (Lipinski definition) is 2. The van der Waals surface area contributed by atoms with Crippen molar-refractivity contribution in [3.63, 3.8) is 0 Å². The minimum atomic E-state index is 0.739. The van der Waals surface area contributed by atoms with Crippen molar-refractivity contribution < 1.29 is 0 Å². The Labute approximate surface area is 111 Å². The zero-order valence-corrected chi connectivity index (χ0v) is 12.0. The second kappa shape index (κ2) is 8.92. The number of nitrogens with zero attached hydrogens (tertiary/aromatic N) is 1. The van der Waals surface area contributed by atoms with Crippen molar-refractivity contribution in [1.29, 1.82) is 0 Å². The molecule has 18 heavy (non-hydrogen) atoms. The number of rotatable bonds is 9. The Hall–Kier alpha value is -1.09. The summed E-state index contributed by atoms with van der Waals surface area (Å²) in [5, 5.41) is 6.92. The number of anilines is 1. The fraction of sp³-hybridized carbons (Fsp3) is 0.667. The van der Waals surface area contributed by atoms with E-state index in [1.165, 1.54) is 18.4 Å². The lowest BCUT2D eigenvalue weighted by atomic mass is 10.0. The lowest BCUT2D eigenvalue weighted by Crippen LogP contribution is -2.18. The van der Waals surface area contributed by atoms with E-state index in [0.717, 1.165) is 37.8 Å². The van der Waals surface area contributed by atoms with Crippen LogP contribution in [0.25, 0.3) is 0 Å². The molecule has 0 aliphatic rings. The number of pyridine rings is 1. The third-order valence-corrected chi connectivity index (χ3v) is 3.35. The molecule has 0 saturated heterocycles. The van der Waals surface area contributed by atoms with Gasteiger partial charge in [0.05, 0.1) is 0 Å². The Morgan fingerprint density at radius 3 is 2.67 bits per heavy atom. The van der Waals surface area contributed by atoms with Crippen molar-refractivity contribution in [2.75, 3.05) is 18.4 Å². The van der Waals surface area contributed by atoms with Crippen molar-refractivity contribution in [2.24, 2.45) is 5.92 Å². The number of aromatic nitrogens is 1. The largest absolute Gasteiger partial charge is 0.370 e. The summed E-state index contributed by atoms with van der Waals surface area (Å²) in [6.07, 6.45) is 5.47. The molecule has 0 spiro atoms. The van der Waals surface area contributed by atoms with Gasteiger partial charge in [0.2, 0.25) is 0 Å². The van der Waals surface area contributed by atoms with Crippen LogP contribution in [0.3, 0.4) is 0 Å². The highest BCUT2D eigenvalue weighted by Crippen LogP contribution is 2.14. The molecule has 0 bridgehead atoms. The van der Waals surface area contributed by atoms with Crippen LogP contribution in [0.2, 0.25) is 0 Å². The Kier molecular flexibility index (Phi) is 7.42. The summed E-state index contributed by atoms with van der Waals surface area (Å²) in [6.45, 7) is 9.65. The van der Waals surface area contributed by atoms with E-state index in [4.69, 9.17) is 0 Å². The Balaban J connectivity index is 2.52. The molecule has 1 aromatic heterocycles. The van der Waals surface area contributed by atoms with Crippen molar-refractivity contribution in [1.82, 2.24) is 10.3 Å². The third kappa shape index (κ3) is 5.05. The van der Waals surface area contributed by atoms with E-state index in [-0.39, 0.29) is 0 Å². The summed E-state index contributed by atoms with van der Waals surface area (Å²) in [4.78, 5) is 4.45. The molecule has 3 nitrogen and oxygen atoms in total. The molecule has 0 fully saturated rings. The van der Waals surface area contributed by atoms with E-state index < -0.39 is 0 Å². The van der Waals surface area contributed by atoms with Crippen LogP contribution in [-0.4, -0.2) is 18.1 Å². The summed E-state index contributed by atoms with van der Waals surface area (Å²) >= 11 is 0. The molecule has 1 rings (SSSR count). The maximum Gasteiger partial charge on any atom is 0.130 e. The van der Waals surface area contributed by atoms with Crippen LogP contribution in [-0.2, 0) is 6.54 Å². The van der Waals surface area contributed by atoms with Crippen LogP contribution in [0.1, 0.15) is 45.6 Å². The highest BCUT2D eigenvalue weighted by Gasteiger charge is 2.06. The maximum atomic E-state index is 4.45. The Bertz CT molecular complexity index is 321. The summed E-state index contributed by atoms with van der Waals surface area (Å²) < 4.78 is 0. The molecular weight excluding hydrogens is 222 g/mol. The first-order valence-electron chi connectivity index (χ1n) is 7.20. The van der Waals surface area contributed by atoms with E-state index >= 15 is 0 Å². The minimum absolute atomic E-state index is 0.739. The van der Waals surface area contributed by atoms with Gasteiger partial charge in [-0.2, -0.15) is 0 Å².